The average Bonchev–Trinajstić information content (AvgIpc) is 2.60. The van der Waals surface area contributed by atoms with Crippen LogP contribution in [0, 0.1) is 6.92 Å². The van der Waals surface area contributed by atoms with Crippen LogP contribution in [0.4, 0.5) is 0 Å². The topological polar surface area (TPSA) is 76.5 Å². The number of rotatable bonds is 4. The molecule has 3 rings (SSSR count). The highest BCUT2D eigenvalue weighted by molar-refractivity contribution is 6.03. The Morgan fingerprint density at radius 1 is 1.04 bits per heavy atom. The molecule has 1 aromatic heterocycles. The Kier molecular flexibility index (Phi) is 5.18. The van der Waals surface area contributed by atoms with Crippen molar-refractivity contribution in [1.29, 1.82) is 0 Å². The lowest BCUT2D eigenvalue weighted by Gasteiger charge is -2.20. The number of benzene rings is 2. The Hall–Kier alpha value is -3.21. The van der Waals surface area contributed by atoms with Crippen molar-refractivity contribution in [3.05, 3.63) is 76.6 Å². The Balaban J connectivity index is 1.93. The number of carbonyl (C=O) groups is 2. The SMILES string of the molecule is Cc1cc(Cc2ncc(C(=O)O)c3ccccc23)ccc1C(=O)OC(C)(C)C. The molecule has 5 nitrogen and oxygen atoms in total. The lowest BCUT2D eigenvalue weighted by molar-refractivity contribution is 0.00685. The standard InChI is InChI=1S/C23H23NO4/c1-14-11-15(9-10-16(14)22(27)28-23(2,3)4)12-20-18-8-6-5-7-17(18)19(13-24-20)21(25)26/h5-11,13H,12H2,1-4H3,(H,25,26). The molecule has 0 atom stereocenters. The third kappa shape index (κ3) is 4.19. The van der Waals surface area contributed by atoms with Crippen LogP contribution in [-0.4, -0.2) is 27.6 Å². The quantitative estimate of drug-likeness (QED) is 0.662. The van der Waals surface area contributed by atoms with Crippen LogP contribution in [0.3, 0.4) is 0 Å². The van der Waals surface area contributed by atoms with Gasteiger partial charge in [0, 0.05) is 18.0 Å². The van der Waals surface area contributed by atoms with Crippen LogP contribution < -0.4 is 0 Å². The first-order valence-corrected chi connectivity index (χ1v) is 9.08. The maximum absolute atomic E-state index is 12.3. The van der Waals surface area contributed by atoms with Crippen molar-refractivity contribution < 1.29 is 19.4 Å². The number of aromatic nitrogens is 1. The molecule has 0 spiro atoms. The van der Waals surface area contributed by atoms with Gasteiger partial charge < -0.3 is 9.84 Å². The first-order valence-electron chi connectivity index (χ1n) is 9.08. The highest BCUT2D eigenvalue weighted by atomic mass is 16.6. The maximum atomic E-state index is 12.3. The number of nitrogens with zero attached hydrogens (tertiary/aromatic N) is 1. The second-order valence-corrected chi connectivity index (χ2v) is 7.80. The minimum Gasteiger partial charge on any atom is -0.478 e. The molecule has 0 fully saturated rings. The van der Waals surface area contributed by atoms with Gasteiger partial charge in [0.1, 0.15) is 5.60 Å². The summed E-state index contributed by atoms with van der Waals surface area (Å²) in [5.41, 5.74) is 2.80. The number of aryl methyl sites for hydroxylation is 1. The van der Waals surface area contributed by atoms with Gasteiger partial charge in [-0.1, -0.05) is 36.4 Å². The Morgan fingerprint density at radius 2 is 1.71 bits per heavy atom. The largest absolute Gasteiger partial charge is 0.478 e. The monoisotopic (exact) mass is 377 g/mol. The summed E-state index contributed by atoms with van der Waals surface area (Å²) in [5, 5.41) is 10.9. The molecular formula is C23H23NO4. The number of hydrogen-bond donors (Lipinski definition) is 1. The van der Waals surface area contributed by atoms with Gasteiger partial charge in [-0.05, 0) is 50.3 Å². The van der Waals surface area contributed by atoms with E-state index in [-0.39, 0.29) is 11.5 Å². The minimum atomic E-state index is -0.993. The molecule has 0 aliphatic rings. The van der Waals surface area contributed by atoms with E-state index in [1.807, 2.05) is 58.0 Å². The number of fused-ring (bicyclic) bond motifs is 1. The fraction of sp³-hybridized carbons (Fsp3) is 0.261. The number of carboxylic acid groups (broad SMARTS) is 1. The van der Waals surface area contributed by atoms with E-state index in [1.165, 1.54) is 6.20 Å². The molecule has 1 N–H and O–H groups in total. The van der Waals surface area contributed by atoms with E-state index in [2.05, 4.69) is 4.98 Å². The van der Waals surface area contributed by atoms with Gasteiger partial charge in [-0.3, -0.25) is 4.98 Å². The van der Waals surface area contributed by atoms with Crippen LogP contribution >= 0.6 is 0 Å². The van der Waals surface area contributed by atoms with Crippen molar-refractivity contribution >= 4 is 22.7 Å². The Labute approximate surface area is 164 Å². The smallest absolute Gasteiger partial charge is 0.338 e. The molecule has 0 saturated heterocycles. The van der Waals surface area contributed by atoms with Crippen molar-refractivity contribution in [2.45, 2.75) is 39.7 Å². The highest BCUT2D eigenvalue weighted by Gasteiger charge is 2.19. The summed E-state index contributed by atoms with van der Waals surface area (Å²) < 4.78 is 5.45. The molecule has 5 heteroatoms. The van der Waals surface area contributed by atoms with Gasteiger partial charge in [0.2, 0.25) is 0 Å². The third-order valence-electron chi connectivity index (χ3n) is 4.39. The number of esters is 1. The average molecular weight is 377 g/mol. The summed E-state index contributed by atoms with van der Waals surface area (Å²) in [4.78, 5) is 28.2. The second-order valence-electron chi connectivity index (χ2n) is 7.80. The fourth-order valence-electron chi connectivity index (χ4n) is 3.15. The summed E-state index contributed by atoms with van der Waals surface area (Å²) in [7, 11) is 0. The molecule has 0 amide bonds. The van der Waals surface area contributed by atoms with Crippen molar-refractivity contribution in [2.75, 3.05) is 0 Å². The number of carbonyl (C=O) groups excluding carboxylic acids is 1. The van der Waals surface area contributed by atoms with Crippen LogP contribution in [0.2, 0.25) is 0 Å². The predicted molar refractivity (Wildman–Crippen MR) is 108 cm³/mol. The molecule has 0 aliphatic heterocycles. The first-order chi connectivity index (χ1) is 13.2. The molecule has 0 unspecified atom stereocenters. The van der Waals surface area contributed by atoms with E-state index >= 15 is 0 Å². The molecule has 0 radical (unpaired) electrons. The Morgan fingerprint density at radius 3 is 2.32 bits per heavy atom. The normalized spacial score (nSPS) is 11.4. The third-order valence-corrected chi connectivity index (χ3v) is 4.39. The van der Waals surface area contributed by atoms with E-state index in [0.717, 1.165) is 22.2 Å². The lowest BCUT2D eigenvalue weighted by Crippen LogP contribution is -2.24. The fourth-order valence-corrected chi connectivity index (χ4v) is 3.15. The van der Waals surface area contributed by atoms with E-state index in [0.29, 0.717) is 17.4 Å². The van der Waals surface area contributed by atoms with Crippen molar-refractivity contribution in [2.24, 2.45) is 0 Å². The zero-order valence-corrected chi connectivity index (χ0v) is 16.4. The minimum absolute atomic E-state index is 0.191. The predicted octanol–water partition coefficient (Wildman–Crippen LogP) is 4.79. The van der Waals surface area contributed by atoms with Crippen LogP contribution in [0.25, 0.3) is 10.8 Å². The molecule has 0 saturated carbocycles. The van der Waals surface area contributed by atoms with Gasteiger partial charge in [0.05, 0.1) is 16.8 Å². The Bertz CT molecular complexity index is 1060. The summed E-state index contributed by atoms with van der Waals surface area (Å²) in [6, 6.07) is 13.0. The van der Waals surface area contributed by atoms with Gasteiger partial charge in [-0.15, -0.1) is 0 Å². The highest BCUT2D eigenvalue weighted by Crippen LogP contribution is 2.24. The zero-order valence-electron chi connectivity index (χ0n) is 16.4. The molecule has 3 aromatic rings. The molecule has 1 heterocycles. The maximum Gasteiger partial charge on any atom is 0.338 e. The van der Waals surface area contributed by atoms with Crippen molar-refractivity contribution in [3.63, 3.8) is 0 Å². The number of carboxylic acids is 1. The van der Waals surface area contributed by atoms with Gasteiger partial charge >= 0.3 is 11.9 Å². The van der Waals surface area contributed by atoms with Crippen LogP contribution in [0.5, 0.6) is 0 Å². The molecule has 0 aliphatic carbocycles. The molecular weight excluding hydrogens is 354 g/mol. The number of ether oxygens (including phenoxy) is 1. The first kappa shape index (κ1) is 19.5. The summed E-state index contributed by atoms with van der Waals surface area (Å²) in [5.74, 6) is -1.33. The molecule has 0 bridgehead atoms. The van der Waals surface area contributed by atoms with E-state index < -0.39 is 11.6 Å². The van der Waals surface area contributed by atoms with E-state index in [4.69, 9.17) is 4.74 Å². The number of aromatic carboxylic acids is 1. The van der Waals surface area contributed by atoms with Crippen molar-refractivity contribution in [3.8, 4) is 0 Å². The van der Waals surface area contributed by atoms with E-state index in [1.54, 1.807) is 12.1 Å². The van der Waals surface area contributed by atoms with E-state index in [9.17, 15) is 14.7 Å². The zero-order chi connectivity index (χ0) is 20.5. The molecule has 144 valence electrons. The van der Waals surface area contributed by atoms with Crippen LogP contribution in [0.1, 0.15) is 58.3 Å². The number of pyridine rings is 1. The van der Waals surface area contributed by atoms with Gasteiger partial charge in [0.15, 0.2) is 0 Å². The van der Waals surface area contributed by atoms with Crippen molar-refractivity contribution in [1.82, 2.24) is 4.98 Å². The summed E-state index contributed by atoms with van der Waals surface area (Å²) in [6.07, 6.45) is 1.94. The number of hydrogen-bond acceptors (Lipinski definition) is 4. The van der Waals surface area contributed by atoms with Crippen LogP contribution in [0.15, 0.2) is 48.7 Å². The molecule has 2 aromatic carbocycles. The lowest BCUT2D eigenvalue weighted by atomic mass is 9.98. The van der Waals surface area contributed by atoms with Crippen LogP contribution in [-0.2, 0) is 11.2 Å². The second kappa shape index (κ2) is 7.43. The van der Waals surface area contributed by atoms with Gasteiger partial charge in [-0.25, -0.2) is 9.59 Å². The summed E-state index contributed by atoms with van der Waals surface area (Å²) >= 11 is 0. The summed E-state index contributed by atoms with van der Waals surface area (Å²) in [6.45, 7) is 7.40. The van der Waals surface area contributed by atoms with Gasteiger partial charge in [-0.2, -0.15) is 0 Å². The van der Waals surface area contributed by atoms with Gasteiger partial charge in [0.25, 0.3) is 0 Å². The molecule has 28 heavy (non-hydrogen) atoms.